The standard InChI is InChI=1S/C18H18FN5OS/c1-3-13-7-9-15(10-8-13)20-17(25)12(2)26-18-21-22-23-24(18)16-6-4-5-14(19)11-16/h4-12H,3H2,1-2H3,(H,20,25). The largest absolute Gasteiger partial charge is 0.325 e. The van der Waals surface area contributed by atoms with Gasteiger partial charge in [0.25, 0.3) is 0 Å². The van der Waals surface area contributed by atoms with Crippen LogP contribution < -0.4 is 5.32 Å². The van der Waals surface area contributed by atoms with E-state index in [-0.39, 0.29) is 11.7 Å². The predicted molar refractivity (Wildman–Crippen MR) is 98.9 cm³/mol. The van der Waals surface area contributed by atoms with E-state index in [4.69, 9.17) is 0 Å². The van der Waals surface area contributed by atoms with Gasteiger partial charge in [0.1, 0.15) is 5.82 Å². The molecule has 0 bridgehead atoms. The number of nitrogens with one attached hydrogen (secondary N) is 1. The van der Waals surface area contributed by atoms with Gasteiger partial charge in [-0.1, -0.05) is 36.9 Å². The van der Waals surface area contributed by atoms with Crippen molar-refractivity contribution in [1.82, 2.24) is 20.2 Å². The molecule has 0 fully saturated rings. The third kappa shape index (κ3) is 4.26. The van der Waals surface area contributed by atoms with E-state index < -0.39 is 5.25 Å². The fourth-order valence-corrected chi connectivity index (χ4v) is 3.11. The van der Waals surface area contributed by atoms with Crippen LogP contribution in [0.3, 0.4) is 0 Å². The second-order valence-electron chi connectivity index (χ2n) is 5.65. The molecule has 3 aromatic rings. The molecular weight excluding hydrogens is 353 g/mol. The molecule has 1 amide bonds. The van der Waals surface area contributed by atoms with E-state index in [9.17, 15) is 9.18 Å². The Morgan fingerprint density at radius 2 is 2.04 bits per heavy atom. The molecule has 0 saturated heterocycles. The van der Waals surface area contributed by atoms with E-state index in [0.717, 1.165) is 12.1 Å². The SMILES string of the molecule is CCc1ccc(NC(=O)C(C)Sc2nnnn2-c2cccc(F)c2)cc1. The number of rotatable bonds is 6. The quantitative estimate of drug-likeness (QED) is 0.672. The maximum absolute atomic E-state index is 13.4. The summed E-state index contributed by atoms with van der Waals surface area (Å²) >= 11 is 1.20. The Hall–Kier alpha value is -2.74. The van der Waals surface area contributed by atoms with Crippen LogP contribution in [0.5, 0.6) is 0 Å². The van der Waals surface area contributed by atoms with Gasteiger partial charge in [-0.15, -0.1) is 5.10 Å². The van der Waals surface area contributed by atoms with E-state index in [2.05, 4.69) is 27.8 Å². The van der Waals surface area contributed by atoms with Crippen molar-refractivity contribution in [2.24, 2.45) is 0 Å². The molecule has 8 heteroatoms. The minimum atomic E-state index is -0.431. The summed E-state index contributed by atoms with van der Waals surface area (Å²) in [7, 11) is 0. The van der Waals surface area contributed by atoms with Crippen LogP contribution in [0.1, 0.15) is 19.4 Å². The van der Waals surface area contributed by atoms with Crippen molar-refractivity contribution in [3.8, 4) is 5.69 Å². The Balaban J connectivity index is 1.69. The molecule has 0 spiro atoms. The van der Waals surface area contributed by atoms with Gasteiger partial charge in [0, 0.05) is 5.69 Å². The summed E-state index contributed by atoms with van der Waals surface area (Å²) in [6.07, 6.45) is 0.948. The Morgan fingerprint density at radius 1 is 1.27 bits per heavy atom. The van der Waals surface area contributed by atoms with E-state index >= 15 is 0 Å². The zero-order valence-electron chi connectivity index (χ0n) is 14.4. The maximum Gasteiger partial charge on any atom is 0.237 e. The highest BCUT2D eigenvalue weighted by Crippen LogP contribution is 2.24. The highest BCUT2D eigenvalue weighted by Gasteiger charge is 2.19. The van der Waals surface area contributed by atoms with Gasteiger partial charge >= 0.3 is 0 Å². The predicted octanol–water partition coefficient (Wildman–Crippen LogP) is 3.48. The van der Waals surface area contributed by atoms with Crippen LogP contribution in [-0.4, -0.2) is 31.4 Å². The molecular formula is C18H18FN5OS. The van der Waals surface area contributed by atoms with Crippen LogP contribution in [0.25, 0.3) is 5.69 Å². The smallest absolute Gasteiger partial charge is 0.237 e. The summed E-state index contributed by atoms with van der Waals surface area (Å²) in [5.41, 5.74) is 2.45. The number of carbonyl (C=O) groups excluding carboxylic acids is 1. The molecule has 26 heavy (non-hydrogen) atoms. The summed E-state index contributed by atoms with van der Waals surface area (Å²) in [6.45, 7) is 3.85. The molecule has 134 valence electrons. The molecule has 0 aliphatic heterocycles. The highest BCUT2D eigenvalue weighted by atomic mass is 32.2. The van der Waals surface area contributed by atoms with Gasteiger partial charge in [-0.05, 0) is 59.7 Å². The van der Waals surface area contributed by atoms with Crippen LogP contribution in [-0.2, 0) is 11.2 Å². The van der Waals surface area contributed by atoms with E-state index in [1.165, 1.54) is 34.1 Å². The Bertz CT molecular complexity index is 897. The van der Waals surface area contributed by atoms with Crippen LogP contribution in [0.4, 0.5) is 10.1 Å². The molecule has 0 radical (unpaired) electrons. The van der Waals surface area contributed by atoms with Gasteiger partial charge in [0.15, 0.2) is 0 Å². The fraction of sp³-hybridized carbons (Fsp3) is 0.222. The number of anilines is 1. The van der Waals surface area contributed by atoms with Crippen molar-refractivity contribution in [2.75, 3.05) is 5.32 Å². The van der Waals surface area contributed by atoms with Gasteiger partial charge in [0.05, 0.1) is 10.9 Å². The van der Waals surface area contributed by atoms with Gasteiger partial charge in [0.2, 0.25) is 11.1 Å². The minimum absolute atomic E-state index is 0.159. The van der Waals surface area contributed by atoms with Crippen LogP contribution >= 0.6 is 11.8 Å². The number of aromatic nitrogens is 4. The molecule has 0 aliphatic carbocycles. The Labute approximate surface area is 154 Å². The molecule has 0 saturated carbocycles. The van der Waals surface area contributed by atoms with Gasteiger partial charge in [-0.2, -0.15) is 4.68 Å². The molecule has 0 aliphatic rings. The lowest BCUT2D eigenvalue weighted by Gasteiger charge is -2.12. The van der Waals surface area contributed by atoms with Crippen molar-refractivity contribution in [3.63, 3.8) is 0 Å². The number of thioether (sulfide) groups is 1. The first-order valence-corrected chi connectivity index (χ1v) is 9.05. The van der Waals surface area contributed by atoms with Gasteiger partial charge in [-0.3, -0.25) is 4.79 Å². The number of nitrogens with zero attached hydrogens (tertiary/aromatic N) is 4. The maximum atomic E-state index is 13.4. The number of hydrogen-bond donors (Lipinski definition) is 1. The summed E-state index contributed by atoms with van der Waals surface area (Å²) in [6, 6.07) is 13.7. The molecule has 1 unspecified atom stereocenters. The number of benzene rings is 2. The summed E-state index contributed by atoms with van der Waals surface area (Å²) in [5, 5.41) is 14.3. The van der Waals surface area contributed by atoms with Gasteiger partial charge < -0.3 is 5.32 Å². The first-order valence-electron chi connectivity index (χ1n) is 8.17. The molecule has 3 rings (SSSR count). The number of hydrogen-bond acceptors (Lipinski definition) is 5. The first kappa shape index (κ1) is 18.1. The third-order valence-electron chi connectivity index (χ3n) is 3.77. The topological polar surface area (TPSA) is 72.7 Å². The average molecular weight is 371 g/mol. The Kier molecular flexibility index (Phi) is 5.62. The fourth-order valence-electron chi connectivity index (χ4n) is 2.30. The molecule has 2 aromatic carbocycles. The molecule has 1 aromatic heterocycles. The van der Waals surface area contributed by atoms with Crippen molar-refractivity contribution >= 4 is 23.4 Å². The molecule has 1 N–H and O–H groups in total. The Morgan fingerprint density at radius 3 is 2.73 bits per heavy atom. The lowest BCUT2D eigenvalue weighted by molar-refractivity contribution is -0.115. The lowest BCUT2D eigenvalue weighted by atomic mass is 10.1. The third-order valence-corrected chi connectivity index (χ3v) is 4.81. The molecule has 6 nitrogen and oxygen atoms in total. The monoisotopic (exact) mass is 371 g/mol. The highest BCUT2D eigenvalue weighted by molar-refractivity contribution is 8.00. The van der Waals surface area contributed by atoms with Crippen molar-refractivity contribution in [1.29, 1.82) is 0 Å². The van der Waals surface area contributed by atoms with E-state index in [1.54, 1.807) is 19.1 Å². The van der Waals surface area contributed by atoms with Gasteiger partial charge in [-0.25, -0.2) is 4.39 Å². The van der Waals surface area contributed by atoms with E-state index in [1.807, 2.05) is 24.3 Å². The number of amides is 1. The lowest BCUT2D eigenvalue weighted by Crippen LogP contribution is -2.22. The van der Waals surface area contributed by atoms with Crippen LogP contribution in [0.15, 0.2) is 53.7 Å². The van der Waals surface area contributed by atoms with Crippen molar-refractivity contribution in [2.45, 2.75) is 30.7 Å². The summed E-state index contributed by atoms with van der Waals surface area (Å²) < 4.78 is 14.8. The normalized spacial score (nSPS) is 12.0. The summed E-state index contributed by atoms with van der Waals surface area (Å²) in [4.78, 5) is 12.4. The van der Waals surface area contributed by atoms with E-state index in [0.29, 0.717) is 10.8 Å². The summed E-state index contributed by atoms with van der Waals surface area (Å²) in [5.74, 6) is -0.539. The van der Waals surface area contributed by atoms with Crippen molar-refractivity contribution in [3.05, 3.63) is 59.9 Å². The number of halogens is 1. The molecule has 1 atom stereocenters. The van der Waals surface area contributed by atoms with Crippen LogP contribution in [0.2, 0.25) is 0 Å². The first-order chi connectivity index (χ1) is 12.6. The van der Waals surface area contributed by atoms with Crippen LogP contribution in [0, 0.1) is 5.82 Å². The minimum Gasteiger partial charge on any atom is -0.325 e. The second-order valence-corrected chi connectivity index (χ2v) is 6.96. The number of tetrazole rings is 1. The zero-order chi connectivity index (χ0) is 18.5. The average Bonchev–Trinajstić information content (AvgIpc) is 3.10. The van der Waals surface area contributed by atoms with Crippen molar-refractivity contribution < 1.29 is 9.18 Å². The second kappa shape index (κ2) is 8.09. The number of carbonyl (C=O) groups is 1. The zero-order valence-corrected chi connectivity index (χ0v) is 15.2. The molecule has 1 heterocycles. The number of aryl methyl sites for hydroxylation is 1.